The van der Waals surface area contributed by atoms with Gasteiger partial charge in [0.05, 0.1) is 6.04 Å². The third-order valence-corrected chi connectivity index (χ3v) is 2.88. The van der Waals surface area contributed by atoms with Crippen molar-refractivity contribution >= 4 is 17.3 Å². The molecular formula is C10H19N5S. The van der Waals surface area contributed by atoms with Gasteiger partial charge in [0.15, 0.2) is 0 Å². The minimum absolute atomic E-state index is 0.113. The zero-order valence-corrected chi connectivity index (χ0v) is 10.7. The maximum Gasteiger partial charge on any atom is 0.206 e. The van der Waals surface area contributed by atoms with Gasteiger partial charge in [-0.05, 0) is 12.8 Å². The predicted octanol–water partition coefficient (Wildman–Crippen LogP) is 1.27. The van der Waals surface area contributed by atoms with Crippen LogP contribution in [0.4, 0.5) is 0 Å². The second kappa shape index (κ2) is 6.44. The number of guanidine groups is 1. The van der Waals surface area contributed by atoms with Gasteiger partial charge in [-0.25, -0.2) is 10.8 Å². The first kappa shape index (κ1) is 12.9. The van der Waals surface area contributed by atoms with Crippen LogP contribution in [-0.4, -0.2) is 17.5 Å². The molecule has 0 saturated heterocycles. The van der Waals surface area contributed by atoms with E-state index in [0.717, 1.165) is 11.6 Å². The summed E-state index contributed by atoms with van der Waals surface area (Å²) < 4.78 is 0. The summed E-state index contributed by atoms with van der Waals surface area (Å²) in [4.78, 5) is 8.57. The molecule has 1 aromatic rings. The van der Waals surface area contributed by atoms with Crippen molar-refractivity contribution in [2.45, 2.75) is 26.8 Å². The lowest BCUT2D eigenvalue weighted by Gasteiger charge is -2.14. The Balaban J connectivity index is 2.53. The number of rotatable bonds is 4. The molecule has 0 fully saturated rings. The summed E-state index contributed by atoms with van der Waals surface area (Å²) in [5.74, 6) is 6.52. The molecule has 0 spiro atoms. The number of hydrogen-bond acceptors (Lipinski definition) is 4. The Bertz CT molecular complexity index is 320. The molecule has 0 aliphatic heterocycles. The fourth-order valence-corrected chi connectivity index (χ4v) is 1.77. The van der Waals surface area contributed by atoms with Crippen molar-refractivity contribution < 1.29 is 0 Å². The smallest absolute Gasteiger partial charge is 0.206 e. The third kappa shape index (κ3) is 4.16. The molecule has 1 heterocycles. The first-order chi connectivity index (χ1) is 7.63. The highest BCUT2D eigenvalue weighted by Crippen LogP contribution is 2.14. The van der Waals surface area contributed by atoms with Gasteiger partial charge in [0, 0.05) is 18.1 Å². The molecule has 1 rings (SSSR count). The first-order valence-corrected chi connectivity index (χ1v) is 6.18. The van der Waals surface area contributed by atoms with Crippen LogP contribution in [0.2, 0.25) is 0 Å². The molecule has 90 valence electrons. The second-order valence-corrected chi connectivity index (χ2v) is 4.89. The number of aliphatic imine (C=N–C) groups is 1. The average molecular weight is 241 g/mol. The Hall–Kier alpha value is -1.14. The van der Waals surface area contributed by atoms with Gasteiger partial charge >= 0.3 is 0 Å². The summed E-state index contributed by atoms with van der Waals surface area (Å²) in [7, 11) is 0. The van der Waals surface area contributed by atoms with E-state index in [0.29, 0.717) is 11.9 Å². The highest BCUT2D eigenvalue weighted by molar-refractivity contribution is 7.09. The van der Waals surface area contributed by atoms with Gasteiger partial charge in [0.1, 0.15) is 5.01 Å². The summed E-state index contributed by atoms with van der Waals surface area (Å²) in [6, 6.07) is 0.113. The van der Waals surface area contributed by atoms with E-state index in [1.54, 1.807) is 17.5 Å². The summed E-state index contributed by atoms with van der Waals surface area (Å²) in [6.45, 7) is 7.00. The quantitative estimate of drug-likeness (QED) is 0.321. The molecule has 0 aromatic carbocycles. The van der Waals surface area contributed by atoms with E-state index in [4.69, 9.17) is 5.84 Å². The summed E-state index contributed by atoms with van der Waals surface area (Å²) in [5, 5.41) is 6.16. The highest BCUT2D eigenvalue weighted by atomic mass is 32.1. The standard InChI is InChI=1S/C10H19N5S/c1-7(2)6-13-10(15-11)14-8(3)9-12-4-5-16-9/h4-5,7-8H,6,11H2,1-3H3,(H2,13,14,15). The van der Waals surface area contributed by atoms with E-state index in [1.807, 2.05) is 12.3 Å². The van der Waals surface area contributed by atoms with Crippen LogP contribution in [0.15, 0.2) is 16.6 Å². The van der Waals surface area contributed by atoms with Crippen molar-refractivity contribution in [3.05, 3.63) is 16.6 Å². The lowest BCUT2D eigenvalue weighted by atomic mass is 10.2. The van der Waals surface area contributed by atoms with Gasteiger partial charge in [0.25, 0.3) is 0 Å². The molecule has 0 amide bonds. The number of aromatic nitrogens is 1. The van der Waals surface area contributed by atoms with Gasteiger partial charge in [0.2, 0.25) is 5.96 Å². The van der Waals surface area contributed by atoms with Crippen LogP contribution in [0.3, 0.4) is 0 Å². The molecule has 4 N–H and O–H groups in total. The van der Waals surface area contributed by atoms with Crippen LogP contribution < -0.4 is 16.6 Å². The molecule has 0 aliphatic rings. The largest absolute Gasteiger partial charge is 0.346 e. The minimum atomic E-state index is 0.113. The monoisotopic (exact) mass is 241 g/mol. The Kier molecular flexibility index (Phi) is 5.21. The van der Waals surface area contributed by atoms with Crippen molar-refractivity contribution in [2.24, 2.45) is 16.8 Å². The third-order valence-electron chi connectivity index (χ3n) is 1.93. The number of nitrogens with one attached hydrogen (secondary N) is 2. The highest BCUT2D eigenvalue weighted by Gasteiger charge is 2.09. The molecule has 1 atom stereocenters. The Morgan fingerprint density at radius 2 is 2.31 bits per heavy atom. The van der Waals surface area contributed by atoms with E-state index < -0.39 is 0 Å². The zero-order chi connectivity index (χ0) is 12.0. The molecule has 0 saturated carbocycles. The number of hydrazine groups is 1. The van der Waals surface area contributed by atoms with Gasteiger partial charge in [-0.15, -0.1) is 11.3 Å². The molecule has 0 aliphatic carbocycles. The van der Waals surface area contributed by atoms with Gasteiger partial charge in [-0.3, -0.25) is 10.4 Å². The zero-order valence-electron chi connectivity index (χ0n) is 9.90. The number of nitrogens with two attached hydrogens (primary N) is 1. The van der Waals surface area contributed by atoms with Crippen molar-refractivity contribution in [2.75, 3.05) is 6.54 Å². The molecule has 16 heavy (non-hydrogen) atoms. The molecule has 5 nitrogen and oxygen atoms in total. The summed E-state index contributed by atoms with van der Waals surface area (Å²) in [5.41, 5.74) is 2.57. The Morgan fingerprint density at radius 1 is 1.56 bits per heavy atom. The van der Waals surface area contributed by atoms with Crippen molar-refractivity contribution in [3.8, 4) is 0 Å². The number of hydrogen-bond donors (Lipinski definition) is 3. The molecule has 1 unspecified atom stereocenters. The predicted molar refractivity (Wildman–Crippen MR) is 68.1 cm³/mol. The fourth-order valence-electron chi connectivity index (χ4n) is 1.12. The number of nitrogens with zero attached hydrogens (tertiary/aromatic N) is 2. The normalized spacial score (nSPS) is 13.9. The van der Waals surface area contributed by atoms with Crippen LogP contribution in [0, 0.1) is 5.92 Å². The molecular weight excluding hydrogens is 222 g/mol. The van der Waals surface area contributed by atoms with Gasteiger partial charge in [-0.1, -0.05) is 13.8 Å². The minimum Gasteiger partial charge on any atom is -0.346 e. The second-order valence-electron chi connectivity index (χ2n) is 3.96. The molecule has 0 bridgehead atoms. The Labute approximate surface area is 100 Å². The first-order valence-electron chi connectivity index (χ1n) is 5.30. The van der Waals surface area contributed by atoms with Gasteiger partial charge in [-0.2, -0.15) is 0 Å². The van der Waals surface area contributed by atoms with E-state index in [-0.39, 0.29) is 6.04 Å². The summed E-state index contributed by atoms with van der Waals surface area (Å²) in [6.07, 6.45) is 1.79. The maximum atomic E-state index is 5.40. The van der Waals surface area contributed by atoms with Gasteiger partial charge < -0.3 is 5.32 Å². The van der Waals surface area contributed by atoms with Crippen LogP contribution in [0.5, 0.6) is 0 Å². The summed E-state index contributed by atoms with van der Waals surface area (Å²) >= 11 is 1.61. The SMILES string of the molecule is CC(C)CN=C(NN)NC(C)c1nccs1. The fraction of sp³-hybridized carbons (Fsp3) is 0.600. The van der Waals surface area contributed by atoms with Crippen LogP contribution in [0.1, 0.15) is 31.8 Å². The molecule has 0 radical (unpaired) electrons. The van der Waals surface area contributed by atoms with E-state index in [1.165, 1.54) is 0 Å². The lowest BCUT2D eigenvalue weighted by molar-refractivity contribution is 0.641. The van der Waals surface area contributed by atoms with Crippen LogP contribution in [0.25, 0.3) is 0 Å². The van der Waals surface area contributed by atoms with Crippen LogP contribution >= 0.6 is 11.3 Å². The van der Waals surface area contributed by atoms with E-state index in [2.05, 4.69) is 34.6 Å². The topological polar surface area (TPSA) is 75.3 Å². The maximum absolute atomic E-state index is 5.40. The van der Waals surface area contributed by atoms with E-state index >= 15 is 0 Å². The Morgan fingerprint density at radius 3 is 2.81 bits per heavy atom. The molecule has 1 aromatic heterocycles. The average Bonchev–Trinajstić information content (AvgIpc) is 2.76. The molecule has 6 heteroatoms. The van der Waals surface area contributed by atoms with Crippen LogP contribution in [-0.2, 0) is 0 Å². The van der Waals surface area contributed by atoms with Crippen molar-refractivity contribution in [3.63, 3.8) is 0 Å². The van der Waals surface area contributed by atoms with Crippen molar-refractivity contribution in [1.82, 2.24) is 15.7 Å². The van der Waals surface area contributed by atoms with Crippen molar-refractivity contribution in [1.29, 1.82) is 0 Å². The lowest BCUT2D eigenvalue weighted by Crippen LogP contribution is -2.42. The van der Waals surface area contributed by atoms with E-state index in [9.17, 15) is 0 Å². The number of thiazole rings is 1.